The predicted molar refractivity (Wildman–Crippen MR) is 112 cm³/mol. The number of nitrogens with one attached hydrogen (secondary N) is 2. The minimum absolute atomic E-state index is 0.0159. The van der Waals surface area contributed by atoms with Gasteiger partial charge in [0.15, 0.2) is 5.11 Å². The van der Waals surface area contributed by atoms with Gasteiger partial charge in [0.25, 0.3) is 5.91 Å². The number of anilines is 2. The highest BCUT2D eigenvalue weighted by Gasteiger charge is 2.18. The van der Waals surface area contributed by atoms with E-state index in [1.807, 2.05) is 24.3 Å². The van der Waals surface area contributed by atoms with Gasteiger partial charge < -0.3 is 20.3 Å². The maximum Gasteiger partial charge on any atom is 0.254 e. The minimum Gasteiger partial charge on any atom is -0.378 e. The molecule has 0 aromatic heterocycles. The molecule has 1 aliphatic heterocycles. The van der Waals surface area contributed by atoms with Crippen molar-refractivity contribution in [3.63, 3.8) is 0 Å². The van der Waals surface area contributed by atoms with Crippen molar-refractivity contribution in [1.82, 2.24) is 4.90 Å². The van der Waals surface area contributed by atoms with Gasteiger partial charge in [-0.25, -0.2) is 0 Å². The van der Waals surface area contributed by atoms with Crippen molar-refractivity contribution in [2.45, 2.75) is 0 Å². The Bertz CT molecular complexity index is 811. The van der Waals surface area contributed by atoms with E-state index < -0.39 is 0 Å². The largest absolute Gasteiger partial charge is 0.378 e. The fourth-order valence-electron chi connectivity index (χ4n) is 2.52. The smallest absolute Gasteiger partial charge is 0.254 e. The Labute approximate surface area is 170 Å². The highest BCUT2D eigenvalue weighted by Crippen LogP contribution is 2.25. The van der Waals surface area contributed by atoms with Crippen LogP contribution < -0.4 is 10.6 Å². The third-order valence-corrected chi connectivity index (χ3v) is 4.88. The van der Waals surface area contributed by atoms with E-state index in [0.29, 0.717) is 47.7 Å². The first-order chi connectivity index (χ1) is 12.5. The van der Waals surface area contributed by atoms with Gasteiger partial charge in [-0.2, -0.15) is 0 Å². The molecule has 2 aromatic rings. The Kier molecular flexibility index (Phi) is 6.48. The number of rotatable bonds is 3. The molecule has 1 fully saturated rings. The van der Waals surface area contributed by atoms with Gasteiger partial charge in [0.2, 0.25) is 0 Å². The molecule has 2 aromatic carbocycles. The second kappa shape index (κ2) is 8.81. The quantitative estimate of drug-likeness (QED) is 0.674. The van der Waals surface area contributed by atoms with Crippen LogP contribution in [0.1, 0.15) is 10.4 Å². The average molecular weight is 455 g/mol. The number of carbonyl (C=O) groups excluding carboxylic acids is 1. The summed E-state index contributed by atoms with van der Waals surface area (Å²) in [4.78, 5) is 14.2. The van der Waals surface area contributed by atoms with Crippen LogP contribution in [-0.4, -0.2) is 42.2 Å². The van der Waals surface area contributed by atoms with Crippen molar-refractivity contribution >= 4 is 62.1 Å². The molecule has 1 saturated heterocycles. The lowest BCUT2D eigenvalue weighted by atomic mass is 10.1. The third-order valence-electron chi connectivity index (χ3n) is 3.87. The first-order valence-electron chi connectivity index (χ1n) is 8.03. The zero-order valence-corrected chi connectivity index (χ0v) is 17.0. The van der Waals surface area contributed by atoms with Crippen LogP contribution in [0.5, 0.6) is 0 Å². The number of hydrogen-bond donors (Lipinski definition) is 2. The molecule has 1 amide bonds. The van der Waals surface area contributed by atoms with Gasteiger partial charge in [-0.3, -0.25) is 4.79 Å². The Morgan fingerprint density at radius 2 is 1.81 bits per heavy atom. The fourth-order valence-corrected chi connectivity index (χ4v) is 3.47. The first-order valence-corrected chi connectivity index (χ1v) is 9.61. The van der Waals surface area contributed by atoms with Crippen molar-refractivity contribution in [1.29, 1.82) is 0 Å². The van der Waals surface area contributed by atoms with Crippen LogP contribution in [-0.2, 0) is 4.74 Å². The van der Waals surface area contributed by atoms with E-state index in [1.165, 1.54) is 0 Å². The van der Waals surface area contributed by atoms with E-state index in [1.54, 1.807) is 23.1 Å². The van der Waals surface area contributed by atoms with Gasteiger partial charge in [-0.05, 0) is 54.7 Å². The molecule has 26 heavy (non-hydrogen) atoms. The number of halogens is 2. The zero-order valence-electron chi connectivity index (χ0n) is 13.8. The number of hydrogen-bond acceptors (Lipinski definition) is 3. The lowest BCUT2D eigenvalue weighted by Crippen LogP contribution is -2.40. The molecule has 0 radical (unpaired) electrons. The summed E-state index contributed by atoms with van der Waals surface area (Å²) in [5, 5.41) is 7.12. The van der Waals surface area contributed by atoms with Gasteiger partial charge in [0.05, 0.1) is 23.9 Å². The normalized spacial score (nSPS) is 14.0. The van der Waals surface area contributed by atoms with E-state index in [2.05, 4.69) is 26.6 Å². The summed E-state index contributed by atoms with van der Waals surface area (Å²) in [6.45, 7) is 2.43. The molecule has 136 valence electrons. The molecule has 0 spiro atoms. The zero-order chi connectivity index (χ0) is 18.5. The first kappa shape index (κ1) is 19.1. The van der Waals surface area contributed by atoms with Gasteiger partial charge in [0.1, 0.15) is 0 Å². The third kappa shape index (κ3) is 4.94. The monoisotopic (exact) mass is 453 g/mol. The second-order valence-electron chi connectivity index (χ2n) is 5.69. The van der Waals surface area contributed by atoms with Gasteiger partial charge >= 0.3 is 0 Å². The van der Waals surface area contributed by atoms with E-state index in [-0.39, 0.29) is 5.91 Å². The summed E-state index contributed by atoms with van der Waals surface area (Å²) in [5.74, 6) is 0.0159. The van der Waals surface area contributed by atoms with Gasteiger partial charge in [-0.15, -0.1) is 0 Å². The van der Waals surface area contributed by atoms with Crippen LogP contribution in [0.2, 0.25) is 5.02 Å². The summed E-state index contributed by atoms with van der Waals surface area (Å²) in [6.07, 6.45) is 0. The van der Waals surface area contributed by atoms with E-state index in [9.17, 15) is 4.79 Å². The highest BCUT2D eigenvalue weighted by molar-refractivity contribution is 9.10. The number of ether oxygens (including phenoxy) is 1. The molecule has 3 rings (SSSR count). The summed E-state index contributed by atoms with van der Waals surface area (Å²) in [5.41, 5.74) is 2.15. The molecule has 2 N–H and O–H groups in total. The Morgan fingerprint density at radius 1 is 1.12 bits per heavy atom. The molecule has 0 aliphatic carbocycles. The van der Waals surface area contributed by atoms with Crippen LogP contribution in [0, 0.1) is 0 Å². The molecular weight excluding hydrogens is 438 g/mol. The van der Waals surface area contributed by atoms with Crippen molar-refractivity contribution in [3.8, 4) is 0 Å². The summed E-state index contributed by atoms with van der Waals surface area (Å²) in [6, 6.07) is 12.7. The van der Waals surface area contributed by atoms with Crippen LogP contribution in [0.3, 0.4) is 0 Å². The van der Waals surface area contributed by atoms with E-state index in [4.69, 9.17) is 28.6 Å². The molecule has 0 atom stereocenters. The summed E-state index contributed by atoms with van der Waals surface area (Å²) >= 11 is 14.9. The summed E-state index contributed by atoms with van der Waals surface area (Å²) < 4.78 is 6.17. The van der Waals surface area contributed by atoms with Crippen molar-refractivity contribution in [2.24, 2.45) is 0 Å². The molecule has 0 bridgehead atoms. The van der Waals surface area contributed by atoms with Crippen molar-refractivity contribution in [3.05, 3.63) is 57.5 Å². The fraction of sp³-hybridized carbons (Fsp3) is 0.222. The number of carbonyl (C=O) groups is 1. The summed E-state index contributed by atoms with van der Waals surface area (Å²) in [7, 11) is 0. The number of morpholine rings is 1. The number of benzene rings is 2. The van der Waals surface area contributed by atoms with E-state index >= 15 is 0 Å². The van der Waals surface area contributed by atoms with Crippen LogP contribution >= 0.6 is 39.7 Å². The predicted octanol–water partition coefficient (Wildman–Crippen LogP) is 4.38. The molecular formula is C18H17BrClN3O2S. The lowest BCUT2D eigenvalue weighted by Gasteiger charge is -2.26. The lowest BCUT2D eigenvalue weighted by molar-refractivity contribution is 0.0303. The van der Waals surface area contributed by atoms with E-state index in [0.717, 1.165) is 10.2 Å². The molecule has 1 heterocycles. The Balaban J connectivity index is 1.59. The molecule has 0 saturated carbocycles. The molecule has 0 unspecified atom stereocenters. The Hall–Kier alpha value is -1.67. The minimum atomic E-state index is 0.0159. The van der Waals surface area contributed by atoms with Crippen LogP contribution in [0.15, 0.2) is 46.9 Å². The van der Waals surface area contributed by atoms with Crippen LogP contribution in [0.25, 0.3) is 0 Å². The van der Waals surface area contributed by atoms with Crippen LogP contribution in [0.4, 0.5) is 11.4 Å². The second-order valence-corrected chi connectivity index (χ2v) is 7.42. The van der Waals surface area contributed by atoms with Crippen molar-refractivity contribution < 1.29 is 9.53 Å². The highest BCUT2D eigenvalue weighted by atomic mass is 79.9. The Morgan fingerprint density at radius 3 is 2.46 bits per heavy atom. The maximum absolute atomic E-state index is 12.4. The SMILES string of the molecule is O=C(c1ccc(NC(=S)Nc2ccc(Br)cc2Cl)cc1)N1CCOCC1. The number of amides is 1. The van der Waals surface area contributed by atoms with Gasteiger partial charge in [0, 0.05) is 28.8 Å². The van der Waals surface area contributed by atoms with Gasteiger partial charge in [-0.1, -0.05) is 27.5 Å². The molecule has 8 heteroatoms. The maximum atomic E-state index is 12.4. The molecule has 1 aliphatic rings. The standard InChI is InChI=1S/C18H17BrClN3O2S/c19-13-3-6-16(15(20)11-13)22-18(26)21-14-4-1-12(2-5-14)17(24)23-7-9-25-10-8-23/h1-6,11H,7-10H2,(H2,21,22,26). The number of thiocarbonyl (C=S) groups is 1. The average Bonchev–Trinajstić information content (AvgIpc) is 2.65. The number of nitrogens with zero attached hydrogens (tertiary/aromatic N) is 1. The van der Waals surface area contributed by atoms with Crippen molar-refractivity contribution in [2.75, 3.05) is 36.9 Å². The molecule has 5 nitrogen and oxygen atoms in total. The topological polar surface area (TPSA) is 53.6 Å².